The molecule has 8 heteroatoms. The molecule has 2 rings (SSSR count). The third-order valence-corrected chi connectivity index (χ3v) is 3.42. The number of aromatic nitrogens is 6. The fraction of sp³-hybridized carbons (Fsp3) is 0.667. The first-order chi connectivity index (χ1) is 9.38. The minimum atomic E-state index is -0.428. The van der Waals surface area contributed by atoms with Gasteiger partial charge < -0.3 is 9.80 Å². The molecule has 110 valence electrons. The highest BCUT2D eigenvalue weighted by molar-refractivity contribution is 5.25. The van der Waals surface area contributed by atoms with E-state index in [1.165, 1.54) is 0 Å². The maximum Gasteiger partial charge on any atom is 0.244 e. The molecule has 2 aromatic heterocycles. The molecule has 0 amide bonds. The molecule has 0 unspecified atom stereocenters. The Kier molecular flexibility index (Phi) is 3.65. The van der Waals surface area contributed by atoms with E-state index in [4.69, 9.17) is 0 Å². The molecule has 0 saturated heterocycles. The second-order valence-electron chi connectivity index (χ2n) is 5.34. The minimum Gasteiger partial charge on any atom is -0.346 e. The molecule has 0 aromatic carbocycles. The summed E-state index contributed by atoms with van der Waals surface area (Å²) in [5.74, 6) is 1.36. The predicted octanol–water partition coefficient (Wildman–Crippen LogP) is 0.633. The molecule has 0 atom stereocenters. The zero-order valence-electron chi connectivity index (χ0n) is 12.9. The highest BCUT2D eigenvalue weighted by Crippen LogP contribution is 2.22. The van der Waals surface area contributed by atoms with E-state index in [2.05, 4.69) is 34.0 Å². The summed E-state index contributed by atoms with van der Waals surface area (Å²) in [5, 5.41) is 9.02. The molecule has 2 heterocycles. The Hall–Kier alpha value is -2.12. The first kappa shape index (κ1) is 14.3. The van der Waals surface area contributed by atoms with Crippen molar-refractivity contribution in [2.75, 3.05) is 38.0 Å². The molecule has 0 saturated carbocycles. The van der Waals surface area contributed by atoms with Crippen LogP contribution >= 0.6 is 0 Å². The Labute approximate surface area is 119 Å². The molecule has 20 heavy (non-hydrogen) atoms. The molecule has 0 aliphatic rings. The lowest BCUT2D eigenvalue weighted by Gasteiger charge is -2.28. The van der Waals surface area contributed by atoms with Crippen molar-refractivity contribution in [3.63, 3.8) is 0 Å². The average molecular weight is 278 g/mol. The highest BCUT2D eigenvalue weighted by atomic mass is 15.5. The van der Waals surface area contributed by atoms with E-state index >= 15 is 0 Å². The first-order valence-electron chi connectivity index (χ1n) is 6.57. The largest absolute Gasteiger partial charge is 0.346 e. The van der Waals surface area contributed by atoms with Gasteiger partial charge in [-0.25, -0.2) is 19.3 Å². The minimum absolute atomic E-state index is 0.428. The van der Waals surface area contributed by atoms with Crippen LogP contribution in [0, 0.1) is 0 Å². The van der Waals surface area contributed by atoms with Crippen molar-refractivity contribution in [3.8, 4) is 0 Å². The quantitative estimate of drug-likeness (QED) is 0.799. The van der Waals surface area contributed by atoms with Crippen molar-refractivity contribution in [3.05, 3.63) is 12.7 Å². The van der Waals surface area contributed by atoms with Crippen LogP contribution in [-0.4, -0.2) is 57.7 Å². The fourth-order valence-electron chi connectivity index (χ4n) is 1.81. The van der Waals surface area contributed by atoms with Gasteiger partial charge in [0.05, 0.1) is 0 Å². The topological polar surface area (TPSA) is 67.9 Å². The number of hydrogen-bond donors (Lipinski definition) is 0. The Morgan fingerprint density at radius 1 is 0.950 bits per heavy atom. The van der Waals surface area contributed by atoms with Gasteiger partial charge in [0, 0.05) is 28.2 Å². The van der Waals surface area contributed by atoms with Crippen LogP contribution in [0.3, 0.4) is 0 Å². The third kappa shape index (κ3) is 2.33. The van der Waals surface area contributed by atoms with Gasteiger partial charge in [0.1, 0.15) is 12.7 Å². The van der Waals surface area contributed by atoms with Crippen LogP contribution in [0.4, 0.5) is 11.9 Å². The third-order valence-electron chi connectivity index (χ3n) is 3.42. The zero-order chi connectivity index (χ0) is 14.9. The molecule has 0 fully saturated rings. The zero-order valence-corrected chi connectivity index (χ0v) is 12.9. The SMILES string of the molecule is CCC(C)(n1cnc(N(C)C)n1)n1cnc(N(C)C)n1. The Morgan fingerprint density at radius 3 is 1.60 bits per heavy atom. The second kappa shape index (κ2) is 5.10. The molecule has 0 N–H and O–H groups in total. The summed E-state index contributed by atoms with van der Waals surface area (Å²) in [5.41, 5.74) is -0.428. The van der Waals surface area contributed by atoms with Crippen LogP contribution in [0.25, 0.3) is 0 Å². The standard InChI is InChI=1S/C12H22N8/c1-7-12(2,19-8-13-10(15-19)17(3)4)20-9-14-11(16-20)18(5)6/h8-9H,7H2,1-6H3. The van der Waals surface area contributed by atoms with Gasteiger partial charge in [-0.05, 0) is 13.3 Å². The van der Waals surface area contributed by atoms with E-state index in [0.717, 1.165) is 6.42 Å². The van der Waals surface area contributed by atoms with Gasteiger partial charge in [0.25, 0.3) is 0 Å². The van der Waals surface area contributed by atoms with Gasteiger partial charge in [0.2, 0.25) is 11.9 Å². The smallest absolute Gasteiger partial charge is 0.244 e. The lowest BCUT2D eigenvalue weighted by molar-refractivity contribution is 0.198. The molecule has 0 aliphatic carbocycles. The summed E-state index contributed by atoms with van der Waals surface area (Å²) in [6, 6.07) is 0. The maximum absolute atomic E-state index is 4.51. The Balaban J connectivity index is 2.40. The second-order valence-corrected chi connectivity index (χ2v) is 5.34. The number of anilines is 2. The van der Waals surface area contributed by atoms with Crippen molar-refractivity contribution < 1.29 is 0 Å². The first-order valence-corrected chi connectivity index (χ1v) is 6.57. The summed E-state index contributed by atoms with van der Waals surface area (Å²) >= 11 is 0. The summed E-state index contributed by atoms with van der Waals surface area (Å²) in [4.78, 5) is 12.4. The molecule has 0 aliphatic heterocycles. The van der Waals surface area contributed by atoms with Crippen LogP contribution < -0.4 is 9.80 Å². The molecular formula is C12H22N8. The average Bonchev–Trinajstić information content (AvgIpc) is 3.07. The fourth-order valence-corrected chi connectivity index (χ4v) is 1.81. The van der Waals surface area contributed by atoms with Crippen molar-refractivity contribution in [1.29, 1.82) is 0 Å². The van der Waals surface area contributed by atoms with Gasteiger partial charge in [0.15, 0.2) is 5.66 Å². The lowest BCUT2D eigenvalue weighted by atomic mass is 10.1. The van der Waals surface area contributed by atoms with Crippen LogP contribution in [0.5, 0.6) is 0 Å². The molecule has 0 bridgehead atoms. The van der Waals surface area contributed by atoms with E-state index in [1.807, 2.05) is 47.4 Å². The normalized spacial score (nSPS) is 11.7. The maximum atomic E-state index is 4.51. The summed E-state index contributed by atoms with van der Waals surface area (Å²) in [7, 11) is 7.68. The van der Waals surface area contributed by atoms with Gasteiger partial charge >= 0.3 is 0 Å². The van der Waals surface area contributed by atoms with Gasteiger partial charge in [-0.3, -0.25) is 0 Å². The molecule has 0 spiro atoms. The predicted molar refractivity (Wildman–Crippen MR) is 78.0 cm³/mol. The number of hydrogen-bond acceptors (Lipinski definition) is 6. The molecule has 0 radical (unpaired) electrons. The monoisotopic (exact) mass is 278 g/mol. The molecular weight excluding hydrogens is 256 g/mol. The van der Waals surface area contributed by atoms with Gasteiger partial charge in [-0.2, -0.15) is 0 Å². The van der Waals surface area contributed by atoms with Gasteiger partial charge in [-0.15, -0.1) is 10.2 Å². The van der Waals surface area contributed by atoms with Crippen molar-refractivity contribution in [2.24, 2.45) is 0 Å². The number of rotatable bonds is 5. The van der Waals surface area contributed by atoms with E-state index in [0.29, 0.717) is 11.9 Å². The van der Waals surface area contributed by atoms with E-state index < -0.39 is 5.66 Å². The van der Waals surface area contributed by atoms with E-state index in [1.54, 1.807) is 12.7 Å². The Bertz CT molecular complexity index is 521. The summed E-state index contributed by atoms with van der Waals surface area (Å²) in [6.07, 6.45) is 4.28. The van der Waals surface area contributed by atoms with Crippen molar-refractivity contribution in [1.82, 2.24) is 29.5 Å². The van der Waals surface area contributed by atoms with Crippen LogP contribution in [-0.2, 0) is 5.66 Å². The Morgan fingerprint density at radius 2 is 1.35 bits per heavy atom. The summed E-state index contributed by atoms with van der Waals surface area (Å²) in [6.45, 7) is 4.16. The van der Waals surface area contributed by atoms with E-state index in [9.17, 15) is 0 Å². The summed E-state index contributed by atoms with van der Waals surface area (Å²) < 4.78 is 3.66. The van der Waals surface area contributed by atoms with Gasteiger partial charge in [-0.1, -0.05) is 6.92 Å². The lowest BCUT2D eigenvalue weighted by Crippen LogP contribution is -2.38. The van der Waals surface area contributed by atoms with Crippen molar-refractivity contribution in [2.45, 2.75) is 25.9 Å². The van der Waals surface area contributed by atoms with Crippen LogP contribution in [0.15, 0.2) is 12.7 Å². The molecule has 2 aromatic rings. The molecule has 8 nitrogen and oxygen atoms in total. The highest BCUT2D eigenvalue weighted by Gasteiger charge is 2.30. The van der Waals surface area contributed by atoms with Crippen LogP contribution in [0.2, 0.25) is 0 Å². The van der Waals surface area contributed by atoms with Crippen LogP contribution in [0.1, 0.15) is 20.3 Å². The number of nitrogens with zero attached hydrogens (tertiary/aromatic N) is 8. The van der Waals surface area contributed by atoms with E-state index in [-0.39, 0.29) is 0 Å². The van der Waals surface area contributed by atoms with Crippen molar-refractivity contribution >= 4 is 11.9 Å².